The third-order valence-corrected chi connectivity index (χ3v) is 4.44. The molecule has 0 spiro atoms. The van der Waals surface area contributed by atoms with Crippen LogP contribution >= 0.6 is 11.5 Å². The van der Waals surface area contributed by atoms with E-state index in [1.165, 1.54) is 11.5 Å². The minimum absolute atomic E-state index is 0.120. The van der Waals surface area contributed by atoms with Gasteiger partial charge in [0, 0.05) is 23.5 Å². The molecule has 0 aliphatic heterocycles. The second-order valence-corrected chi connectivity index (χ2v) is 6.27. The van der Waals surface area contributed by atoms with Crippen molar-refractivity contribution in [2.75, 3.05) is 19.5 Å². The normalized spacial score (nSPS) is 10.4. The number of aromatic nitrogens is 2. The highest BCUT2D eigenvalue weighted by Gasteiger charge is 2.11. The smallest absolute Gasteiger partial charge is 0.226 e. The molecule has 7 heteroatoms. The van der Waals surface area contributed by atoms with E-state index in [4.69, 9.17) is 9.47 Å². The Labute approximate surface area is 156 Å². The number of methoxy groups -OCH3 is 2. The van der Waals surface area contributed by atoms with E-state index < -0.39 is 0 Å². The summed E-state index contributed by atoms with van der Waals surface area (Å²) in [7, 11) is 3.22. The van der Waals surface area contributed by atoms with Gasteiger partial charge < -0.3 is 14.8 Å². The molecule has 2 aromatic carbocycles. The van der Waals surface area contributed by atoms with Crippen LogP contribution in [-0.4, -0.2) is 29.5 Å². The van der Waals surface area contributed by atoms with E-state index in [0.717, 1.165) is 22.6 Å². The average Bonchev–Trinajstić information content (AvgIpc) is 3.15. The molecule has 0 saturated carbocycles. The maximum absolute atomic E-state index is 12.2. The summed E-state index contributed by atoms with van der Waals surface area (Å²) in [4.78, 5) is 16.6. The molecule has 0 atom stereocenters. The fraction of sp³-hybridized carbons (Fsp3) is 0.211. The second kappa shape index (κ2) is 8.44. The first-order valence-electron chi connectivity index (χ1n) is 8.09. The fourth-order valence-electron chi connectivity index (χ4n) is 2.49. The van der Waals surface area contributed by atoms with Crippen molar-refractivity contribution in [3.63, 3.8) is 0 Å². The first-order valence-corrected chi connectivity index (χ1v) is 8.87. The van der Waals surface area contributed by atoms with Crippen molar-refractivity contribution in [3.8, 4) is 22.9 Å². The minimum atomic E-state index is -0.120. The van der Waals surface area contributed by atoms with Gasteiger partial charge in [0.1, 0.15) is 11.5 Å². The van der Waals surface area contributed by atoms with Gasteiger partial charge in [-0.1, -0.05) is 30.3 Å². The summed E-state index contributed by atoms with van der Waals surface area (Å²) in [6, 6.07) is 15.2. The molecule has 3 rings (SSSR count). The van der Waals surface area contributed by atoms with E-state index in [1.54, 1.807) is 14.2 Å². The summed E-state index contributed by atoms with van der Waals surface area (Å²) in [6.07, 6.45) is 0.848. The molecule has 1 heterocycles. The van der Waals surface area contributed by atoms with E-state index >= 15 is 0 Å². The maximum atomic E-state index is 12.2. The number of hydrogen-bond donors (Lipinski definition) is 1. The maximum Gasteiger partial charge on any atom is 0.226 e. The van der Waals surface area contributed by atoms with Crippen LogP contribution in [0.4, 0.5) is 5.13 Å². The Kier molecular flexibility index (Phi) is 5.80. The number of benzene rings is 2. The number of anilines is 1. The van der Waals surface area contributed by atoms with E-state index in [0.29, 0.717) is 23.8 Å². The number of nitrogens with one attached hydrogen (secondary N) is 1. The van der Waals surface area contributed by atoms with Crippen molar-refractivity contribution in [1.29, 1.82) is 0 Å². The molecule has 0 radical (unpaired) electrons. The van der Waals surface area contributed by atoms with Crippen LogP contribution in [-0.2, 0) is 11.2 Å². The number of aryl methyl sites for hydroxylation is 1. The third kappa shape index (κ3) is 4.37. The highest BCUT2D eigenvalue weighted by Crippen LogP contribution is 2.25. The van der Waals surface area contributed by atoms with Gasteiger partial charge in [-0.3, -0.25) is 4.79 Å². The number of nitrogens with zero attached hydrogens (tertiary/aromatic N) is 2. The van der Waals surface area contributed by atoms with E-state index in [9.17, 15) is 4.79 Å². The summed E-state index contributed by atoms with van der Waals surface area (Å²) in [5.74, 6) is 1.96. The Bertz CT molecular complexity index is 881. The van der Waals surface area contributed by atoms with Crippen molar-refractivity contribution in [3.05, 3.63) is 54.1 Å². The van der Waals surface area contributed by atoms with Crippen molar-refractivity contribution < 1.29 is 14.3 Å². The zero-order valence-corrected chi connectivity index (χ0v) is 15.4. The predicted octanol–water partition coefficient (Wildman–Crippen LogP) is 3.79. The van der Waals surface area contributed by atoms with Crippen LogP contribution in [0, 0.1) is 0 Å². The average molecular weight is 369 g/mol. The highest BCUT2D eigenvalue weighted by molar-refractivity contribution is 7.10. The summed E-state index contributed by atoms with van der Waals surface area (Å²) in [6.45, 7) is 0. The molecular weight excluding hydrogens is 350 g/mol. The molecular formula is C19H19N3O3S. The summed E-state index contributed by atoms with van der Waals surface area (Å²) < 4.78 is 14.9. The zero-order valence-electron chi connectivity index (χ0n) is 14.6. The van der Waals surface area contributed by atoms with Gasteiger partial charge in [0.2, 0.25) is 11.0 Å². The zero-order chi connectivity index (χ0) is 18.4. The first kappa shape index (κ1) is 17.9. The molecule has 0 fully saturated rings. The van der Waals surface area contributed by atoms with Gasteiger partial charge in [-0.15, -0.1) is 0 Å². The Morgan fingerprint density at radius 1 is 1.12 bits per heavy atom. The molecule has 6 nitrogen and oxygen atoms in total. The lowest BCUT2D eigenvalue weighted by atomic mass is 10.1. The molecule has 0 bridgehead atoms. The second-order valence-electron chi connectivity index (χ2n) is 5.52. The van der Waals surface area contributed by atoms with Gasteiger partial charge in [0.15, 0.2) is 5.82 Å². The number of rotatable bonds is 7. The van der Waals surface area contributed by atoms with Gasteiger partial charge in [-0.05, 0) is 30.2 Å². The molecule has 1 amide bonds. The third-order valence-electron chi connectivity index (χ3n) is 3.81. The lowest BCUT2D eigenvalue weighted by Crippen LogP contribution is -2.12. The Morgan fingerprint density at radius 3 is 2.65 bits per heavy atom. The minimum Gasteiger partial charge on any atom is -0.497 e. The highest BCUT2D eigenvalue weighted by atomic mass is 32.1. The number of carbonyl (C=O) groups is 1. The van der Waals surface area contributed by atoms with Crippen LogP contribution in [0.25, 0.3) is 11.4 Å². The largest absolute Gasteiger partial charge is 0.497 e. The number of carbonyl (C=O) groups excluding carboxylic acids is 1. The van der Waals surface area contributed by atoms with Crippen LogP contribution in [0.2, 0.25) is 0 Å². The first-order chi connectivity index (χ1) is 12.7. The van der Waals surface area contributed by atoms with Crippen molar-refractivity contribution in [2.24, 2.45) is 0 Å². The topological polar surface area (TPSA) is 73.3 Å². The van der Waals surface area contributed by atoms with Crippen LogP contribution in [0.5, 0.6) is 11.5 Å². The molecule has 0 aliphatic carbocycles. The SMILES string of the molecule is COc1ccc(OC)c(CCC(=O)Nc2nc(-c3ccccc3)ns2)c1. The lowest BCUT2D eigenvalue weighted by molar-refractivity contribution is -0.116. The molecule has 0 saturated heterocycles. The van der Waals surface area contributed by atoms with Crippen molar-refractivity contribution in [1.82, 2.24) is 9.36 Å². The van der Waals surface area contributed by atoms with E-state index in [1.807, 2.05) is 48.5 Å². The van der Waals surface area contributed by atoms with Crippen molar-refractivity contribution in [2.45, 2.75) is 12.8 Å². The molecule has 1 N–H and O–H groups in total. The molecule has 0 unspecified atom stereocenters. The van der Waals surface area contributed by atoms with E-state index in [-0.39, 0.29) is 5.91 Å². The van der Waals surface area contributed by atoms with Gasteiger partial charge >= 0.3 is 0 Å². The van der Waals surface area contributed by atoms with Gasteiger partial charge in [0.25, 0.3) is 0 Å². The summed E-state index contributed by atoms with van der Waals surface area (Å²) >= 11 is 1.17. The number of hydrogen-bond acceptors (Lipinski definition) is 6. The van der Waals surface area contributed by atoms with E-state index in [2.05, 4.69) is 14.7 Å². The van der Waals surface area contributed by atoms with Crippen LogP contribution in [0.1, 0.15) is 12.0 Å². The molecule has 1 aromatic heterocycles. The summed E-state index contributed by atoms with van der Waals surface area (Å²) in [5.41, 5.74) is 1.84. The predicted molar refractivity (Wildman–Crippen MR) is 102 cm³/mol. The summed E-state index contributed by atoms with van der Waals surface area (Å²) in [5, 5.41) is 3.29. The number of amides is 1. The van der Waals surface area contributed by atoms with Crippen LogP contribution in [0.3, 0.4) is 0 Å². The monoisotopic (exact) mass is 369 g/mol. The van der Waals surface area contributed by atoms with Crippen LogP contribution < -0.4 is 14.8 Å². The Hall–Kier alpha value is -2.93. The van der Waals surface area contributed by atoms with Gasteiger partial charge in [-0.25, -0.2) is 0 Å². The quantitative estimate of drug-likeness (QED) is 0.686. The molecule has 26 heavy (non-hydrogen) atoms. The van der Waals surface area contributed by atoms with Gasteiger partial charge in [0.05, 0.1) is 14.2 Å². The molecule has 3 aromatic rings. The number of ether oxygens (including phenoxy) is 2. The molecule has 0 aliphatic rings. The Balaban J connectivity index is 1.61. The lowest BCUT2D eigenvalue weighted by Gasteiger charge is -2.10. The van der Waals surface area contributed by atoms with Gasteiger partial charge in [-0.2, -0.15) is 9.36 Å². The Morgan fingerprint density at radius 2 is 1.92 bits per heavy atom. The van der Waals surface area contributed by atoms with Crippen LogP contribution in [0.15, 0.2) is 48.5 Å². The molecule has 134 valence electrons. The van der Waals surface area contributed by atoms with Crippen molar-refractivity contribution >= 4 is 22.6 Å². The standard InChI is InChI=1S/C19H19N3O3S/c1-24-15-9-10-16(25-2)14(12-15)8-11-17(23)20-19-21-18(22-26-19)13-6-4-3-5-7-13/h3-7,9-10,12H,8,11H2,1-2H3,(H,20,21,22,23). The fourth-order valence-corrected chi connectivity index (χ4v) is 3.09.